The molecule has 0 bridgehead atoms. The van der Waals surface area contributed by atoms with Gasteiger partial charge < -0.3 is 10.2 Å². The summed E-state index contributed by atoms with van der Waals surface area (Å²) in [6.07, 6.45) is 4.68. The lowest BCUT2D eigenvalue weighted by atomic mass is 9.95. The zero-order chi connectivity index (χ0) is 12.2. The van der Waals surface area contributed by atoms with Crippen molar-refractivity contribution in [2.75, 3.05) is 12.9 Å². The molecule has 1 aliphatic rings. The smallest absolute Gasteiger partial charge is 0.318 e. The zero-order valence-electron chi connectivity index (χ0n) is 9.35. The quantitative estimate of drug-likeness (QED) is 0.725. The van der Waals surface area contributed by atoms with Gasteiger partial charge in [-0.05, 0) is 12.8 Å². The van der Waals surface area contributed by atoms with Crippen LogP contribution in [0.25, 0.3) is 0 Å². The molecule has 0 spiro atoms. The Labute approximate surface area is 95.8 Å². The van der Waals surface area contributed by atoms with E-state index in [1.165, 1.54) is 11.9 Å². The standard InChI is InChI=1S/C9H18N2O4S/c1-10-9(12)11(7-16(13,14)15)8-5-3-2-4-6-8/h8H,2-7H2,1H3,(H,10,12)(H,13,14,15). The molecule has 6 nitrogen and oxygen atoms in total. The first kappa shape index (κ1) is 13.2. The van der Waals surface area contributed by atoms with Gasteiger partial charge in [0.25, 0.3) is 10.1 Å². The van der Waals surface area contributed by atoms with E-state index in [1.54, 1.807) is 0 Å². The maximum atomic E-state index is 11.5. The van der Waals surface area contributed by atoms with Gasteiger partial charge in [-0.25, -0.2) is 4.79 Å². The molecule has 1 rings (SSSR count). The van der Waals surface area contributed by atoms with E-state index in [0.717, 1.165) is 32.1 Å². The Bertz CT molecular complexity index is 335. The summed E-state index contributed by atoms with van der Waals surface area (Å²) in [5.74, 6) is -0.628. The molecule has 94 valence electrons. The second-order valence-corrected chi connectivity index (χ2v) is 5.45. The minimum Gasteiger partial charge on any atom is -0.341 e. The van der Waals surface area contributed by atoms with E-state index in [1.807, 2.05) is 0 Å². The first-order valence-electron chi connectivity index (χ1n) is 5.37. The van der Waals surface area contributed by atoms with Gasteiger partial charge in [0.2, 0.25) is 0 Å². The van der Waals surface area contributed by atoms with Crippen molar-refractivity contribution >= 4 is 16.1 Å². The molecule has 1 fully saturated rings. The van der Waals surface area contributed by atoms with Crippen molar-refractivity contribution in [2.24, 2.45) is 0 Å². The lowest BCUT2D eigenvalue weighted by Crippen LogP contribution is -2.48. The molecule has 2 amide bonds. The Balaban J connectivity index is 2.73. The van der Waals surface area contributed by atoms with Crippen LogP contribution in [0.3, 0.4) is 0 Å². The summed E-state index contributed by atoms with van der Waals surface area (Å²) in [6, 6.07) is -0.542. The fourth-order valence-electron chi connectivity index (χ4n) is 2.04. The highest BCUT2D eigenvalue weighted by Gasteiger charge is 2.28. The van der Waals surface area contributed by atoms with Crippen molar-refractivity contribution in [3.05, 3.63) is 0 Å². The Morgan fingerprint density at radius 3 is 2.38 bits per heavy atom. The van der Waals surface area contributed by atoms with Crippen LogP contribution in [-0.4, -0.2) is 42.9 Å². The number of nitrogens with one attached hydrogen (secondary N) is 1. The normalized spacial score (nSPS) is 18.1. The molecule has 7 heteroatoms. The molecule has 0 unspecified atom stereocenters. The number of amides is 2. The van der Waals surface area contributed by atoms with Gasteiger partial charge in [-0.15, -0.1) is 0 Å². The average Bonchev–Trinajstić information content (AvgIpc) is 2.25. The molecule has 1 saturated carbocycles. The average molecular weight is 250 g/mol. The van der Waals surface area contributed by atoms with Crippen LogP contribution in [0.15, 0.2) is 0 Å². The van der Waals surface area contributed by atoms with Crippen molar-refractivity contribution in [2.45, 2.75) is 38.1 Å². The predicted molar refractivity (Wildman–Crippen MR) is 59.6 cm³/mol. The fraction of sp³-hybridized carbons (Fsp3) is 0.889. The van der Waals surface area contributed by atoms with Crippen molar-refractivity contribution < 1.29 is 17.8 Å². The Morgan fingerprint density at radius 2 is 1.94 bits per heavy atom. The van der Waals surface area contributed by atoms with Crippen LogP contribution < -0.4 is 5.32 Å². The summed E-state index contributed by atoms with van der Waals surface area (Å²) >= 11 is 0. The number of rotatable bonds is 3. The number of hydrogen-bond acceptors (Lipinski definition) is 3. The van der Waals surface area contributed by atoms with E-state index >= 15 is 0 Å². The summed E-state index contributed by atoms with van der Waals surface area (Å²) in [7, 11) is -2.72. The summed E-state index contributed by atoms with van der Waals surface area (Å²) < 4.78 is 30.5. The zero-order valence-corrected chi connectivity index (χ0v) is 10.2. The van der Waals surface area contributed by atoms with E-state index in [2.05, 4.69) is 5.32 Å². The van der Waals surface area contributed by atoms with Crippen LogP contribution in [0.1, 0.15) is 32.1 Å². The fourth-order valence-corrected chi connectivity index (χ4v) is 2.72. The van der Waals surface area contributed by atoms with Crippen molar-refractivity contribution in [1.29, 1.82) is 0 Å². The molecule has 16 heavy (non-hydrogen) atoms. The molecule has 0 aromatic rings. The minimum atomic E-state index is -4.16. The maximum Gasteiger partial charge on any atom is 0.318 e. The van der Waals surface area contributed by atoms with E-state index in [0.29, 0.717) is 0 Å². The third kappa shape index (κ3) is 3.97. The van der Waals surface area contributed by atoms with Gasteiger partial charge in [0, 0.05) is 13.1 Å². The van der Waals surface area contributed by atoms with Crippen LogP contribution in [0.4, 0.5) is 4.79 Å². The number of nitrogens with zero attached hydrogens (tertiary/aromatic N) is 1. The largest absolute Gasteiger partial charge is 0.341 e. The lowest BCUT2D eigenvalue weighted by molar-refractivity contribution is 0.168. The summed E-state index contributed by atoms with van der Waals surface area (Å²) in [5, 5.41) is 2.40. The highest BCUT2D eigenvalue weighted by molar-refractivity contribution is 7.85. The molecule has 1 aliphatic carbocycles. The lowest BCUT2D eigenvalue weighted by Gasteiger charge is -2.32. The van der Waals surface area contributed by atoms with Gasteiger partial charge in [-0.3, -0.25) is 4.55 Å². The number of carbonyl (C=O) groups is 1. The molecular formula is C9H18N2O4S. The number of urea groups is 1. The molecule has 0 radical (unpaired) electrons. The van der Waals surface area contributed by atoms with Crippen LogP contribution >= 0.6 is 0 Å². The summed E-state index contributed by atoms with van der Waals surface area (Å²) in [5.41, 5.74) is 0. The van der Waals surface area contributed by atoms with Gasteiger partial charge in [0.15, 0.2) is 0 Å². The molecule has 0 aromatic heterocycles. The number of carbonyl (C=O) groups excluding carboxylic acids is 1. The molecule has 2 N–H and O–H groups in total. The Hall–Kier alpha value is -0.820. The molecule has 0 saturated heterocycles. The van der Waals surface area contributed by atoms with Crippen LogP contribution in [0.5, 0.6) is 0 Å². The van der Waals surface area contributed by atoms with Crippen molar-refractivity contribution in [3.8, 4) is 0 Å². The Morgan fingerprint density at radius 1 is 1.38 bits per heavy atom. The second kappa shape index (κ2) is 5.49. The highest BCUT2D eigenvalue weighted by Crippen LogP contribution is 2.22. The topological polar surface area (TPSA) is 86.7 Å². The second-order valence-electron chi connectivity index (χ2n) is 4.03. The third-order valence-electron chi connectivity index (χ3n) is 2.79. The molecule has 0 aliphatic heterocycles. The van der Waals surface area contributed by atoms with E-state index in [9.17, 15) is 13.2 Å². The molecule has 0 heterocycles. The van der Waals surface area contributed by atoms with Gasteiger partial charge in [0.05, 0.1) is 0 Å². The van der Waals surface area contributed by atoms with Crippen LogP contribution in [-0.2, 0) is 10.1 Å². The van der Waals surface area contributed by atoms with E-state index in [4.69, 9.17) is 4.55 Å². The van der Waals surface area contributed by atoms with E-state index < -0.39 is 22.0 Å². The van der Waals surface area contributed by atoms with Crippen LogP contribution in [0.2, 0.25) is 0 Å². The maximum absolute atomic E-state index is 11.5. The molecule has 0 aromatic carbocycles. The summed E-state index contributed by atoms with van der Waals surface area (Å²) in [4.78, 5) is 12.7. The Kier molecular flexibility index (Phi) is 4.55. The van der Waals surface area contributed by atoms with Crippen LogP contribution in [0, 0.1) is 0 Å². The molecule has 0 atom stereocenters. The van der Waals surface area contributed by atoms with E-state index in [-0.39, 0.29) is 6.04 Å². The van der Waals surface area contributed by atoms with Crippen molar-refractivity contribution in [3.63, 3.8) is 0 Å². The van der Waals surface area contributed by atoms with Gasteiger partial charge >= 0.3 is 6.03 Å². The van der Waals surface area contributed by atoms with Gasteiger partial charge in [-0.1, -0.05) is 19.3 Å². The van der Waals surface area contributed by atoms with Crippen molar-refractivity contribution in [1.82, 2.24) is 10.2 Å². The minimum absolute atomic E-state index is 0.0874. The van der Waals surface area contributed by atoms with Gasteiger partial charge in [0.1, 0.15) is 5.88 Å². The SMILES string of the molecule is CNC(=O)N(CS(=O)(=O)O)C1CCCCC1. The highest BCUT2D eigenvalue weighted by atomic mass is 32.2. The monoisotopic (exact) mass is 250 g/mol. The number of hydrogen-bond donors (Lipinski definition) is 2. The third-order valence-corrected chi connectivity index (χ3v) is 3.40. The first-order chi connectivity index (χ1) is 7.44. The van der Waals surface area contributed by atoms with Gasteiger partial charge in [-0.2, -0.15) is 8.42 Å². The summed E-state index contributed by atoms with van der Waals surface area (Å²) in [6.45, 7) is 0. The predicted octanol–water partition coefficient (Wildman–Crippen LogP) is 0.806. The molecular weight excluding hydrogens is 232 g/mol. The first-order valence-corrected chi connectivity index (χ1v) is 6.98.